The lowest BCUT2D eigenvalue weighted by atomic mass is 10.3. The Bertz CT molecular complexity index is 163. The maximum Gasteiger partial charge on any atom is 0.181 e. The molecule has 3 nitrogen and oxygen atoms in total. The minimum absolute atomic E-state index is 0.306. The van der Waals surface area contributed by atoms with Crippen molar-refractivity contribution in [2.24, 2.45) is 10.2 Å². The highest BCUT2D eigenvalue weighted by atomic mass is 16.1. The third-order valence-electron chi connectivity index (χ3n) is 0.557. The van der Waals surface area contributed by atoms with Gasteiger partial charge in [-0.2, -0.15) is 10.2 Å². The summed E-state index contributed by atoms with van der Waals surface area (Å²) in [5.41, 5.74) is 0. The minimum atomic E-state index is -0.826. The normalized spacial score (nSPS) is 30.6. The van der Waals surface area contributed by atoms with Gasteiger partial charge in [-0.1, -0.05) is 0 Å². The first-order valence-corrected chi connectivity index (χ1v) is 1.83. The molecule has 0 aromatic carbocycles. The van der Waals surface area contributed by atoms with Gasteiger partial charge >= 0.3 is 0 Å². The van der Waals surface area contributed by atoms with Crippen molar-refractivity contribution in [1.82, 2.24) is 0 Å². The first-order chi connectivity index (χ1) is 3.80. The molecule has 1 unspecified atom stereocenters. The fourth-order valence-electron chi connectivity index (χ4n) is 0.279. The predicted molar refractivity (Wildman–Crippen MR) is 26.6 cm³/mol. The van der Waals surface area contributed by atoms with Gasteiger partial charge in [-0.3, -0.25) is 4.79 Å². The van der Waals surface area contributed by atoms with Gasteiger partial charge in [-0.05, 0) is 0 Å². The molecule has 0 aromatic rings. The van der Waals surface area contributed by atoms with Crippen LogP contribution in [0.3, 0.4) is 0 Å². The summed E-state index contributed by atoms with van der Waals surface area (Å²) in [6.07, 6.45) is 1.42. The van der Waals surface area contributed by atoms with Crippen molar-refractivity contribution in [2.75, 3.05) is 0 Å². The monoisotopic (exact) mass is 97.0 g/mol. The highest BCUT2D eigenvalue weighted by Crippen LogP contribution is 1.83. The lowest BCUT2D eigenvalue weighted by Gasteiger charge is -1.86. The maximum absolute atomic E-state index is 10.4. The van der Waals surface area contributed by atoms with E-state index in [1.54, 1.807) is 0 Å². The second-order valence-corrected chi connectivity index (χ2v) is 1.08. The van der Waals surface area contributed by atoms with E-state index < -0.39 is 6.40 Å². The van der Waals surface area contributed by atoms with Crippen molar-refractivity contribution in [3.63, 3.8) is 0 Å². The van der Waals surface area contributed by atoms with Crippen molar-refractivity contribution < 1.29 is 6.17 Å². The van der Waals surface area contributed by atoms with Crippen LogP contribution in [0, 0.1) is 0 Å². The number of carbonyl (C=O) groups excluding carboxylic acids is 1. The quantitative estimate of drug-likeness (QED) is 0.420. The average Bonchev–Trinajstić information content (AvgIpc) is 1.77. The molecular formula is C4H4N2O. The Kier molecular flexibility index (Phi) is 0.719. The summed E-state index contributed by atoms with van der Waals surface area (Å²) in [5, 5.41) is 6.63. The molecule has 0 N–H and O–H groups in total. The second-order valence-electron chi connectivity index (χ2n) is 1.08. The molecule has 0 bridgehead atoms. The number of rotatable bonds is 0. The fourth-order valence-corrected chi connectivity index (χ4v) is 0.279. The average molecular weight is 97.1 g/mol. The van der Waals surface area contributed by atoms with Gasteiger partial charge in [-0.15, -0.1) is 0 Å². The van der Waals surface area contributed by atoms with E-state index in [-0.39, 0.29) is 5.78 Å². The van der Waals surface area contributed by atoms with E-state index in [1.807, 2.05) is 0 Å². The Morgan fingerprint density at radius 1 is 1.86 bits per heavy atom. The van der Waals surface area contributed by atoms with E-state index in [2.05, 4.69) is 10.2 Å². The summed E-state index contributed by atoms with van der Waals surface area (Å²) >= 11 is 0. The van der Waals surface area contributed by atoms with E-state index in [0.717, 1.165) is 6.21 Å². The lowest BCUT2D eigenvalue weighted by molar-refractivity contribution is -0.111. The molecule has 0 fully saturated rings. The molecule has 0 radical (unpaired) electrons. The third-order valence-corrected chi connectivity index (χ3v) is 0.557. The van der Waals surface area contributed by atoms with Gasteiger partial charge in [0.1, 0.15) is 0 Å². The highest BCUT2D eigenvalue weighted by molar-refractivity contribution is 6.31. The van der Waals surface area contributed by atoms with Crippen molar-refractivity contribution in [2.45, 2.75) is 6.40 Å². The van der Waals surface area contributed by atoms with Crippen LogP contribution in [0.15, 0.2) is 10.2 Å². The number of carbonyl (C=O) groups is 1. The van der Waals surface area contributed by atoms with Crippen LogP contribution in [-0.4, -0.2) is 18.2 Å². The summed E-state index contributed by atoms with van der Waals surface area (Å²) in [5.74, 6) is -0.306. The van der Waals surface area contributed by atoms with Gasteiger partial charge in [-0.25, -0.2) is 0 Å². The zero-order valence-electron chi connectivity index (χ0n) is 4.53. The molecule has 1 rings (SSSR count). The molecule has 0 aliphatic carbocycles. The van der Waals surface area contributed by atoms with Crippen molar-refractivity contribution in [1.29, 1.82) is 0 Å². The van der Waals surface area contributed by atoms with Gasteiger partial charge in [0.15, 0.2) is 5.78 Å². The van der Waals surface area contributed by atoms with Gasteiger partial charge < -0.3 is 0 Å². The summed E-state index contributed by atoms with van der Waals surface area (Å²) < 4.78 is 6.89. The zero-order chi connectivity index (χ0) is 5.98. The number of hydrogen-bond acceptors (Lipinski definition) is 3. The molecule has 1 aliphatic heterocycles. The lowest BCUT2D eigenvalue weighted by Crippen LogP contribution is -2.01. The Morgan fingerprint density at radius 3 is 3.14 bits per heavy atom. The molecule has 0 aromatic heterocycles. The van der Waals surface area contributed by atoms with Crippen molar-refractivity contribution >= 4 is 18.2 Å². The van der Waals surface area contributed by atoms with Crippen LogP contribution in [-0.2, 0) is 4.79 Å². The molecule has 0 amide bonds. The summed E-state index contributed by atoms with van der Waals surface area (Å²) in [4.78, 5) is 10.4. The summed E-state index contributed by atoms with van der Waals surface area (Å²) in [6.45, 7) is 0. The summed E-state index contributed by atoms with van der Waals surface area (Å²) in [7, 11) is 0. The number of hydrogen-bond donors (Lipinski definition) is 0. The van der Waals surface area contributed by atoms with Crippen LogP contribution < -0.4 is 0 Å². The van der Waals surface area contributed by atoms with E-state index in [4.69, 9.17) is 1.37 Å². The van der Waals surface area contributed by atoms with Crippen LogP contribution in [0.1, 0.15) is 7.77 Å². The topological polar surface area (TPSA) is 41.8 Å². The smallest absolute Gasteiger partial charge is 0.181 e. The Labute approximate surface area is 42.2 Å². The predicted octanol–water partition coefficient (Wildman–Crippen LogP) is 0.0158. The minimum Gasteiger partial charge on any atom is -0.293 e. The molecule has 3 heteroatoms. The fraction of sp³-hybridized carbons (Fsp3) is 0.250. The van der Waals surface area contributed by atoms with Gasteiger partial charge in [0.05, 0.1) is 6.21 Å². The molecule has 0 saturated heterocycles. The molecule has 7 heavy (non-hydrogen) atoms. The maximum atomic E-state index is 10.4. The van der Waals surface area contributed by atoms with E-state index >= 15 is 0 Å². The Balaban J connectivity index is 2.74. The van der Waals surface area contributed by atoms with E-state index in [0.29, 0.717) is 0 Å². The zero-order valence-corrected chi connectivity index (χ0v) is 3.53. The molecular weight excluding hydrogens is 92.1 g/mol. The number of nitrogens with zero attached hydrogens (tertiary/aromatic N) is 2. The van der Waals surface area contributed by atoms with Gasteiger partial charge in [0.25, 0.3) is 0 Å². The van der Waals surface area contributed by atoms with E-state index in [1.165, 1.54) is 6.21 Å². The standard InChI is InChI=1S/C4H4N2O/c7-4-1-2-5-6-3-4/h2-3H,1H2/i1D. The SMILES string of the molecule is [2H]C1C=NN=CC1=O. The van der Waals surface area contributed by atoms with Crippen LogP contribution in [0.5, 0.6) is 0 Å². The molecule has 0 spiro atoms. The Morgan fingerprint density at radius 2 is 2.71 bits per heavy atom. The largest absolute Gasteiger partial charge is 0.293 e. The molecule has 1 aliphatic rings. The van der Waals surface area contributed by atoms with Crippen molar-refractivity contribution in [3.8, 4) is 0 Å². The van der Waals surface area contributed by atoms with Gasteiger partial charge in [0, 0.05) is 14.0 Å². The first kappa shape index (κ1) is 3.07. The van der Waals surface area contributed by atoms with Crippen LogP contribution >= 0.6 is 0 Å². The first-order valence-electron chi connectivity index (χ1n) is 2.41. The third kappa shape index (κ3) is 0.924. The second kappa shape index (κ2) is 1.64. The molecule has 0 saturated carbocycles. The molecule has 36 valence electrons. The van der Waals surface area contributed by atoms with Crippen LogP contribution in [0.2, 0.25) is 0 Å². The van der Waals surface area contributed by atoms with Crippen LogP contribution in [0.4, 0.5) is 0 Å². The van der Waals surface area contributed by atoms with E-state index in [9.17, 15) is 4.79 Å². The van der Waals surface area contributed by atoms with Crippen molar-refractivity contribution in [3.05, 3.63) is 0 Å². The molecule has 1 atom stereocenters. The number of Topliss-reactive ketones (excluding diaryl/α,β-unsaturated/α-hetero) is 1. The van der Waals surface area contributed by atoms with Gasteiger partial charge in [0.2, 0.25) is 0 Å². The Hall–Kier alpha value is -0.990. The van der Waals surface area contributed by atoms with Crippen LogP contribution in [0.25, 0.3) is 0 Å². The molecule has 1 heterocycles. The highest BCUT2D eigenvalue weighted by Gasteiger charge is 1.95. The number of ketones is 1. The summed E-state index contributed by atoms with van der Waals surface area (Å²) in [6, 6.07) is 0.